The van der Waals surface area contributed by atoms with Gasteiger partial charge in [0.15, 0.2) is 0 Å². The highest BCUT2D eigenvalue weighted by atomic mass is 35.5. The van der Waals surface area contributed by atoms with Crippen LogP contribution in [-0.4, -0.2) is 17.3 Å². The molecule has 0 spiro atoms. The van der Waals surface area contributed by atoms with Gasteiger partial charge < -0.3 is 14.5 Å². The number of hydrogen-bond acceptors (Lipinski definition) is 5. The molecule has 6 heteroatoms. The van der Waals surface area contributed by atoms with Gasteiger partial charge in [0, 0.05) is 11.8 Å². The van der Waals surface area contributed by atoms with Gasteiger partial charge in [-0.3, -0.25) is 0 Å². The van der Waals surface area contributed by atoms with E-state index in [1.54, 1.807) is 13.2 Å². The maximum Gasteiger partial charge on any atom is 0.249 e. The van der Waals surface area contributed by atoms with Crippen LogP contribution in [0.3, 0.4) is 0 Å². The van der Waals surface area contributed by atoms with Gasteiger partial charge in [0.1, 0.15) is 11.8 Å². The highest BCUT2D eigenvalue weighted by Crippen LogP contribution is 2.31. The number of rotatable bonds is 6. The Balaban J connectivity index is 1.71. The Morgan fingerprint density at radius 2 is 1.71 bits per heavy atom. The standard InChI is InChI=1S/C22H18ClN3O2/c1-27-17-11-7-10-16(14-17)24-20(15-8-3-2-4-9-15)22-26-25-21(28-22)18-12-5-6-13-19(18)23/h2-14,20,24H,1H3/t20-/m1/s1. The maximum absolute atomic E-state index is 6.27. The number of hydrogen-bond donors (Lipinski definition) is 1. The molecule has 1 atom stereocenters. The fourth-order valence-electron chi connectivity index (χ4n) is 2.91. The molecule has 1 N–H and O–H groups in total. The van der Waals surface area contributed by atoms with Crippen molar-refractivity contribution in [2.75, 3.05) is 12.4 Å². The first-order chi connectivity index (χ1) is 13.7. The zero-order valence-corrected chi connectivity index (χ0v) is 15.9. The monoisotopic (exact) mass is 391 g/mol. The van der Waals surface area contributed by atoms with Crippen LogP contribution in [0.25, 0.3) is 11.5 Å². The van der Waals surface area contributed by atoms with E-state index in [1.165, 1.54) is 0 Å². The van der Waals surface area contributed by atoms with Crippen molar-refractivity contribution < 1.29 is 9.15 Å². The first-order valence-corrected chi connectivity index (χ1v) is 9.16. The Bertz CT molecular complexity index is 1070. The van der Waals surface area contributed by atoms with Crippen LogP contribution < -0.4 is 10.1 Å². The molecule has 0 fully saturated rings. The van der Waals surface area contributed by atoms with Crippen molar-refractivity contribution in [2.45, 2.75) is 6.04 Å². The van der Waals surface area contributed by atoms with E-state index >= 15 is 0 Å². The number of ether oxygens (including phenoxy) is 1. The van der Waals surface area contributed by atoms with Gasteiger partial charge in [-0.15, -0.1) is 10.2 Å². The minimum atomic E-state index is -0.322. The summed E-state index contributed by atoms with van der Waals surface area (Å²) in [6, 6.07) is 24.7. The summed E-state index contributed by atoms with van der Waals surface area (Å²) >= 11 is 6.27. The molecule has 0 aliphatic heterocycles. The summed E-state index contributed by atoms with van der Waals surface area (Å²) in [4.78, 5) is 0. The zero-order valence-electron chi connectivity index (χ0n) is 15.2. The van der Waals surface area contributed by atoms with E-state index in [0.29, 0.717) is 22.4 Å². The van der Waals surface area contributed by atoms with E-state index in [4.69, 9.17) is 20.8 Å². The molecule has 1 aromatic heterocycles. The highest BCUT2D eigenvalue weighted by Gasteiger charge is 2.22. The SMILES string of the molecule is COc1cccc(N[C@H](c2ccccc2)c2nnc(-c3ccccc3Cl)o2)c1. The lowest BCUT2D eigenvalue weighted by atomic mass is 10.1. The Morgan fingerprint density at radius 1 is 0.929 bits per heavy atom. The number of anilines is 1. The summed E-state index contributed by atoms with van der Waals surface area (Å²) in [6.45, 7) is 0. The van der Waals surface area contributed by atoms with Crippen molar-refractivity contribution in [1.29, 1.82) is 0 Å². The molecule has 0 amide bonds. The van der Waals surface area contributed by atoms with Gasteiger partial charge in [-0.05, 0) is 29.8 Å². The molecule has 4 rings (SSSR count). The molecule has 3 aromatic carbocycles. The van der Waals surface area contributed by atoms with Gasteiger partial charge in [-0.1, -0.05) is 60.1 Å². The summed E-state index contributed by atoms with van der Waals surface area (Å²) in [5.74, 6) is 1.59. The molecule has 28 heavy (non-hydrogen) atoms. The van der Waals surface area contributed by atoms with Gasteiger partial charge >= 0.3 is 0 Å². The van der Waals surface area contributed by atoms with Gasteiger partial charge in [0.05, 0.1) is 17.7 Å². The summed E-state index contributed by atoms with van der Waals surface area (Å²) in [5, 5.41) is 12.5. The van der Waals surface area contributed by atoms with Crippen LogP contribution in [0, 0.1) is 0 Å². The molecule has 0 aliphatic carbocycles. The van der Waals surface area contributed by atoms with Gasteiger partial charge in [-0.2, -0.15) is 0 Å². The lowest BCUT2D eigenvalue weighted by Crippen LogP contribution is -2.12. The average molecular weight is 392 g/mol. The second-order valence-electron chi connectivity index (χ2n) is 6.15. The lowest BCUT2D eigenvalue weighted by Gasteiger charge is -2.17. The molecule has 0 radical (unpaired) electrons. The number of benzene rings is 3. The predicted molar refractivity (Wildman–Crippen MR) is 110 cm³/mol. The normalized spacial score (nSPS) is 11.8. The van der Waals surface area contributed by atoms with Crippen molar-refractivity contribution in [2.24, 2.45) is 0 Å². The minimum absolute atomic E-state index is 0.322. The Labute approximate surface area is 168 Å². The van der Waals surface area contributed by atoms with E-state index in [9.17, 15) is 0 Å². The number of aromatic nitrogens is 2. The molecule has 0 saturated carbocycles. The van der Waals surface area contributed by atoms with Gasteiger partial charge in [0.25, 0.3) is 0 Å². The van der Waals surface area contributed by atoms with Crippen molar-refractivity contribution in [3.8, 4) is 17.2 Å². The fourth-order valence-corrected chi connectivity index (χ4v) is 3.12. The van der Waals surface area contributed by atoms with Gasteiger partial charge in [0.2, 0.25) is 11.8 Å². The Morgan fingerprint density at radius 3 is 2.50 bits per heavy atom. The molecule has 140 valence electrons. The van der Waals surface area contributed by atoms with E-state index in [2.05, 4.69) is 15.5 Å². The fraction of sp³-hybridized carbons (Fsp3) is 0.0909. The zero-order chi connectivity index (χ0) is 19.3. The molecule has 0 aliphatic rings. The van der Waals surface area contributed by atoms with Crippen LogP contribution in [0.1, 0.15) is 17.5 Å². The molecular weight excluding hydrogens is 374 g/mol. The third-order valence-electron chi connectivity index (χ3n) is 4.31. The first kappa shape index (κ1) is 18.1. The lowest BCUT2D eigenvalue weighted by molar-refractivity contribution is 0.415. The first-order valence-electron chi connectivity index (χ1n) is 8.78. The predicted octanol–water partition coefficient (Wildman–Crippen LogP) is 5.60. The second-order valence-corrected chi connectivity index (χ2v) is 6.55. The molecule has 1 heterocycles. The average Bonchev–Trinajstić information content (AvgIpc) is 3.23. The number of halogens is 1. The molecule has 0 saturated heterocycles. The quantitative estimate of drug-likeness (QED) is 0.463. The second kappa shape index (κ2) is 8.15. The minimum Gasteiger partial charge on any atom is -0.497 e. The molecule has 4 aromatic rings. The van der Waals surface area contributed by atoms with Crippen LogP contribution in [0.15, 0.2) is 83.3 Å². The molecule has 0 unspecified atom stereocenters. The highest BCUT2D eigenvalue weighted by molar-refractivity contribution is 6.33. The van der Waals surface area contributed by atoms with Crippen LogP contribution in [-0.2, 0) is 0 Å². The van der Waals surface area contributed by atoms with Crippen LogP contribution in [0.5, 0.6) is 5.75 Å². The molecule has 5 nitrogen and oxygen atoms in total. The summed E-state index contributed by atoms with van der Waals surface area (Å²) < 4.78 is 11.3. The van der Waals surface area contributed by atoms with Crippen LogP contribution in [0.4, 0.5) is 5.69 Å². The Kier molecular flexibility index (Phi) is 5.26. The van der Waals surface area contributed by atoms with Crippen molar-refractivity contribution in [3.63, 3.8) is 0 Å². The van der Waals surface area contributed by atoms with E-state index < -0.39 is 0 Å². The van der Waals surface area contributed by atoms with Gasteiger partial charge in [-0.25, -0.2) is 0 Å². The topological polar surface area (TPSA) is 60.2 Å². The van der Waals surface area contributed by atoms with Crippen molar-refractivity contribution in [3.05, 3.63) is 95.3 Å². The maximum atomic E-state index is 6.27. The number of nitrogens with one attached hydrogen (secondary N) is 1. The van der Waals surface area contributed by atoms with Crippen LogP contribution in [0.2, 0.25) is 5.02 Å². The van der Waals surface area contributed by atoms with Crippen molar-refractivity contribution >= 4 is 17.3 Å². The number of methoxy groups -OCH3 is 1. The van der Waals surface area contributed by atoms with E-state index in [1.807, 2.05) is 72.8 Å². The Hall–Kier alpha value is -3.31. The smallest absolute Gasteiger partial charge is 0.249 e. The summed E-state index contributed by atoms with van der Waals surface area (Å²) in [5.41, 5.74) is 2.58. The molecule has 0 bridgehead atoms. The van der Waals surface area contributed by atoms with E-state index in [0.717, 1.165) is 17.0 Å². The number of nitrogens with zero attached hydrogens (tertiary/aromatic N) is 2. The largest absolute Gasteiger partial charge is 0.497 e. The third-order valence-corrected chi connectivity index (χ3v) is 4.64. The summed E-state index contributed by atoms with van der Waals surface area (Å²) in [6.07, 6.45) is 0. The van der Waals surface area contributed by atoms with Crippen LogP contribution >= 0.6 is 11.6 Å². The molecular formula is C22H18ClN3O2. The summed E-state index contributed by atoms with van der Waals surface area (Å²) in [7, 11) is 1.64. The van der Waals surface area contributed by atoms with E-state index in [-0.39, 0.29) is 6.04 Å². The third kappa shape index (κ3) is 3.85. The van der Waals surface area contributed by atoms with Crippen molar-refractivity contribution in [1.82, 2.24) is 10.2 Å².